The molecule has 0 unspecified atom stereocenters. The second kappa shape index (κ2) is 3.89. The Kier molecular flexibility index (Phi) is 3.46. The number of halogens is 3. The highest BCUT2D eigenvalue weighted by atomic mass is 19.4. The predicted octanol–water partition coefficient (Wildman–Crippen LogP) is 0.411. The summed E-state index contributed by atoms with van der Waals surface area (Å²) in [6.07, 6.45) is -2.75. The molecular weight excluding hydrogens is 171 g/mol. The summed E-state index contributed by atoms with van der Waals surface area (Å²) in [6, 6.07) is 0. The molecule has 0 bridgehead atoms. The molecule has 6 heteroatoms. The molecule has 0 fully saturated rings. The van der Waals surface area contributed by atoms with Crippen molar-refractivity contribution in [1.82, 2.24) is 5.32 Å². The standard InChI is InChI=1S/C6H10F3N3/c1-12-5(11)3-2-4(10)6(7,8)9/h2-3,12H,10-11H2,1H3/b4-2-,5-3+. The van der Waals surface area contributed by atoms with Crippen molar-refractivity contribution in [2.24, 2.45) is 11.5 Å². The third-order valence-electron chi connectivity index (χ3n) is 1.06. The summed E-state index contributed by atoms with van der Waals surface area (Å²) in [5.74, 6) is 0.113. The topological polar surface area (TPSA) is 64.1 Å². The van der Waals surface area contributed by atoms with Crippen molar-refractivity contribution in [1.29, 1.82) is 0 Å². The van der Waals surface area contributed by atoms with E-state index in [1.807, 2.05) is 0 Å². The van der Waals surface area contributed by atoms with Gasteiger partial charge in [-0.25, -0.2) is 0 Å². The van der Waals surface area contributed by atoms with E-state index in [1.54, 1.807) is 0 Å². The van der Waals surface area contributed by atoms with Crippen molar-refractivity contribution in [3.8, 4) is 0 Å². The van der Waals surface area contributed by atoms with Gasteiger partial charge < -0.3 is 16.8 Å². The van der Waals surface area contributed by atoms with Crippen molar-refractivity contribution in [2.45, 2.75) is 6.18 Å². The molecule has 0 aromatic carbocycles. The number of nitrogens with one attached hydrogen (secondary N) is 1. The molecular formula is C6H10F3N3. The minimum absolute atomic E-state index is 0.113. The van der Waals surface area contributed by atoms with Crippen LogP contribution in [0, 0.1) is 0 Å². The van der Waals surface area contributed by atoms with Crippen LogP contribution < -0.4 is 16.8 Å². The van der Waals surface area contributed by atoms with Gasteiger partial charge in [0, 0.05) is 7.05 Å². The Balaban J connectivity index is 4.39. The Morgan fingerprint density at radius 1 is 1.25 bits per heavy atom. The second-order valence-corrected chi connectivity index (χ2v) is 1.99. The maximum absolute atomic E-state index is 11.7. The molecule has 0 saturated heterocycles. The lowest BCUT2D eigenvalue weighted by molar-refractivity contribution is -0.0926. The Morgan fingerprint density at radius 3 is 2.08 bits per heavy atom. The van der Waals surface area contributed by atoms with Crippen LogP contribution in [0.15, 0.2) is 23.7 Å². The van der Waals surface area contributed by atoms with Crippen LogP contribution in [0.1, 0.15) is 0 Å². The van der Waals surface area contributed by atoms with Gasteiger partial charge in [0.2, 0.25) is 0 Å². The lowest BCUT2D eigenvalue weighted by atomic mass is 10.4. The molecule has 0 saturated carbocycles. The Labute approximate surface area is 67.9 Å². The van der Waals surface area contributed by atoms with Crippen LogP contribution in [0.2, 0.25) is 0 Å². The number of hydrogen-bond donors (Lipinski definition) is 3. The normalized spacial score (nSPS) is 14.7. The predicted molar refractivity (Wildman–Crippen MR) is 39.7 cm³/mol. The van der Waals surface area contributed by atoms with Gasteiger partial charge >= 0.3 is 6.18 Å². The summed E-state index contributed by atoms with van der Waals surface area (Å²) in [4.78, 5) is 0. The van der Waals surface area contributed by atoms with Crippen molar-refractivity contribution in [2.75, 3.05) is 7.05 Å². The SMILES string of the molecule is CN/C(N)=C/C=C(\N)C(F)(F)F. The summed E-state index contributed by atoms with van der Waals surface area (Å²) in [5, 5.41) is 2.44. The van der Waals surface area contributed by atoms with Gasteiger partial charge in [-0.15, -0.1) is 0 Å². The Hall–Kier alpha value is -1.33. The van der Waals surface area contributed by atoms with E-state index in [-0.39, 0.29) is 5.82 Å². The first kappa shape index (κ1) is 10.7. The highest BCUT2D eigenvalue weighted by molar-refractivity contribution is 5.16. The van der Waals surface area contributed by atoms with E-state index in [0.29, 0.717) is 6.08 Å². The average molecular weight is 181 g/mol. The van der Waals surface area contributed by atoms with E-state index in [0.717, 1.165) is 6.08 Å². The zero-order valence-corrected chi connectivity index (χ0v) is 6.44. The van der Waals surface area contributed by atoms with Crippen LogP contribution in [0.5, 0.6) is 0 Å². The average Bonchev–Trinajstić information content (AvgIpc) is 1.97. The number of nitrogens with two attached hydrogens (primary N) is 2. The fourth-order valence-electron chi connectivity index (χ4n) is 0.357. The summed E-state index contributed by atoms with van der Waals surface area (Å²) in [5.41, 5.74) is 8.63. The molecule has 0 aliphatic rings. The first-order valence-electron chi connectivity index (χ1n) is 3.05. The monoisotopic (exact) mass is 181 g/mol. The van der Waals surface area contributed by atoms with Crippen molar-refractivity contribution in [3.05, 3.63) is 23.7 Å². The molecule has 12 heavy (non-hydrogen) atoms. The number of allylic oxidation sites excluding steroid dienone is 3. The zero-order chi connectivity index (χ0) is 9.78. The van der Waals surface area contributed by atoms with Crippen molar-refractivity contribution in [3.63, 3.8) is 0 Å². The van der Waals surface area contributed by atoms with Gasteiger partial charge in [-0.2, -0.15) is 13.2 Å². The van der Waals surface area contributed by atoms with Gasteiger partial charge in [0.25, 0.3) is 0 Å². The zero-order valence-electron chi connectivity index (χ0n) is 6.44. The highest BCUT2D eigenvalue weighted by Crippen LogP contribution is 2.20. The molecule has 0 aromatic rings. The fourth-order valence-corrected chi connectivity index (χ4v) is 0.357. The van der Waals surface area contributed by atoms with Gasteiger partial charge in [0.05, 0.1) is 5.82 Å². The maximum Gasteiger partial charge on any atom is 0.430 e. The molecule has 0 aliphatic heterocycles. The molecule has 0 aromatic heterocycles. The molecule has 3 nitrogen and oxygen atoms in total. The van der Waals surface area contributed by atoms with Crippen LogP contribution in [0.4, 0.5) is 13.2 Å². The molecule has 0 atom stereocenters. The van der Waals surface area contributed by atoms with E-state index >= 15 is 0 Å². The number of rotatable bonds is 2. The molecule has 0 heterocycles. The van der Waals surface area contributed by atoms with Crippen LogP contribution in [0.3, 0.4) is 0 Å². The molecule has 0 amide bonds. The fraction of sp³-hybridized carbons (Fsp3) is 0.333. The Morgan fingerprint density at radius 2 is 1.75 bits per heavy atom. The minimum atomic E-state index is -4.50. The van der Waals surface area contributed by atoms with Gasteiger partial charge in [-0.1, -0.05) is 0 Å². The van der Waals surface area contributed by atoms with E-state index in [9.17, 15) is 13.2 Å². The third kappa shape index (κ3) is 3.75. The molecule has 0 rings (SSSR count). The van der Waals surface area contributed by atoms with Crippen LogP contribution in [-0.4, -0.2) is 13.2 Å². The van der Waals surface area contributed by atoms with Gasteiger partial charge in [0.15, 0.2) is 0 Å². The maximum atomic E-state index is 11.7. The summed E-state index contributed by atoms with van der Waals surface area (Å²) in [6.45, 7) is 0. The largest absolute Gasteiger partial charge is 0.430 e. The molecule has 5 N–H and O–H groups in total. The third-order valence-corrected chi connectivity index (χ3v) is 1.06. The van der Waals surface area contributed by atoms with Crippen LogP contribution in [0.25, 0.3) is 0 Å². The van der Waals surface area contributed by atoms with Crippen LogP contribution in [-0.2, 0) is 0 Å². The second-order valence-electron chi connectivity index (χ2n) is 1.99. The highest BCUT2D eigenvalue weighted by Gasteiger charge is 2.30. The van der Waals surface area contributed by atoms with E-state index < -0.39 is 11.9 Å². The molecule has 0 spiro atoms. The number of alkyl halides is 3. The first-order valence-corrected chi connectivity index (χ1v) is 3.05. The summed E-state index contributed by atoms with van der Waals surface area (Å²) < 4.78 is 35.2. The van der Waals surface area contributed by atoms with Gasteiger partial charge in [-0.3, -0.25) is 0 Å². The molecule has 0 aliphatic carbocycles. The lowest BCUT2D eigenvalue weighted by Gasteiger charge is -2.04. The molecule has 70 valence electrons. The first-order chi connectivity index (χ1) is 5.38. The molecule has 0 radical (unpaired) electrons. The van der Waals surface area contributed by atoms with Gasteiger partial charge in [-0.05, 0) is 12.2 Å². The van der Waals surface area contributed by atoms with E-state index in [4.69, 9.17) is 5.73 Å². The van der Waals surface area contributed by atoms with Gasteiger partial charge in [0.1, 0.15) is 5.70 Å². The van der Waals surface area contributed by atoms with Crippen molar-refractivity contribution >= 4 is 0 Å². The Bertz CT molecular complexity index is 205. The quantitative estimate of drug-likeness (QED) is 0.540. The van der Waals surface area contributed by atoms with Crippen molar-refractivity contribution < 1.29 is 13.2 Å². The summed E-state index contributed by atoms with van der Waals surface area (Å²) >= 11 is 0. The number of hydrogen-bond acceptors (Lipinski definition) is 3. The van der Waals surface area contributed by atoms with E-state index in [1.165, 1.54) is 7.05 Å². The minimum Gasteiger partial charge on any atom is -0.395 e. The smallest absolute Gasteiger partial charge is 0.395 e. The summed E-state index contributed by atoms with van der Waals surface area (Å²) in [7, 11) is 1.49. The van der Waals surface area contributed by atoms with E-state index in [2.05, 4.69) is 11.1 Å². The lowest BCUT2D eigenvalue weighted by Crippen LogP contribution is -2.19. The van der Waals surface area contributed by atoms with Crippen LogP contribution >= 0.6 is 0 Å².